The maximum Gasteiger partial charge on any atom is 0.407 e. The molecule has 0 saturated carbocycles. The summed E-state index contributed by atoms with van der Waals surface area (Å²) in [6.07, 6.45) is 0.790. The Labute approximate surface area is 251 Å². The second-order valence-corrected chi connectivity index (χ2v) is 11.9. The highest BCUT2D eigenvalue weighted by atomic mass is 16.6. The molecule has 6 rings (SSSR count). The van der Waals surface area contributed by atoms with Crippen molar-refractivity contribution in [2.75, 3.05) is 13.2 Å². The Hall–Kier alpha value is -3.98. The SMILES string of the molecule is O=C(N[C@@H](Cc1ccccc1)[C@@H](O)C[C@]1(Cc2ccccc2)NC=C([C@H]2c3ccccc3C[C@H]2O)C1=O)O[C@H]1CCOC1. The van der Waals surface area contributed by atoms with Crippen molar-refractivity contribution in [1.29, 1.82) is 0 Å². The third-order valence-electron chi connectivity index (χ3n) is 8.87. The van der Waals surface area contributed by atoms with Crippen molar-refractivity contribution in [3.63, 3.8) is 0 Å². The number of carbonyl (C=O) groups excluding carboxylic acids is 2. The molecule has 1 aliphatic carbocycles. The minimum Gasteiger partial charge on any atom is -0.444 e. The molecule has 0 aromatic heterocycles. The van der Waals surface area contributed by atoms with E-state index in [1.165, 1.54) is 0 Å². The Morgan fingerprint density at radius 2 is 1.72 bits per heavy atom. The molecule has 1 amide bonds. The van der Waals surface area contributed by atoms with Gasteiger partial charge in [0.2, 0.25) is 0 Å². The number of carbonyl (C=O) groups is 2. The number of alkyl carbamates (subject to hydrolysis) is 1. The topological polar surface area (TPSA) is 117 Å². The first kappa shape index (κ1) is 29.1. The highest BCUT2D eigenvalue weighted by Crippen LogP contribution is 2.43. The fourth-order valence-corrected chi connectivity index (χ4v) is 6.70. The van der Waals surface area contributed by atoms with Gasteiger partial charge in [0, 0.05) is 37.0 Å². The Kier molecular flexibility index (Phi) is 8.61. The van der Waals surface area contributed by atoms with E-state index in [0.717, 1.165) is 22.3 Å². The zero-order valence-corrected chi connectivity index (χ0v) is 24.0. The quantitative estimate of drug-likeness (QED) is 0.289. The van der Waals surface area contributed by atoms with Gasteiger partial charge in [0.15, 0.2) is 5.78 Å². The molecule has 2 aliphatic heterocycles. The standard InChI is InChI=1S/C35H38N2O6/c38-30-18-25-13-7-8-14-27(25)32(30)28-21-36-35(33(28)40,19-24-11-5-2-6-12-24)20-31(39)29(17-23-9-3-1-4-10-23)37-34(41)43-26-15-16-42-22-26/h1-14,21,26,29-32,36,38-39H,15-20,22H2,(H,37,41)/t26-,29-,30+,31-,32+,35-/m0/s1. The van der Waals surface area contributed by atoms with Crippen LogP contribution < -0.4 is 10.6 Å². The lowest BCUT2D eigenvalue weighted by atomic mass is 9.76. The van der Waals surface area contributed by atoms with E-state index in [4.69, 9.17) is 9.47 Å². The molecule has 0 unspecified atom stereocenters. The van der Waals surface area contributed by atoms with Gasteiger partial charge in [-0.05, 0) is 35.1 Å². The molecule has 0 bridgehead atoms. The lowest BCUT2D eigenvalue weighted by Gasteiger charge is -2.35. The van der Waals surface area contributed by atoms with Crippen LogP contribution in [0.5, 0.6) is 0 Å². The lowest BCUT2D eigenvalue weighted by Crippen LogP contribution is -2.55. The molecule has 8 heteroatoms. The molecule has 2 heterocycles. The molecule has 3 aliphatic rings. The molecule has 1 saturated heterocycles. The number of hydrogen-bond donors (Lipinski definition) is 4. The summed E-state index contributed by atoms with van der Waals surface area (Å²) >= 11 is 0. The summed E-state index contributed by atoms with van der Waals surface area (Å²) in [7, 11) is 0. The molecular weight excluding hydrogens is 544 g/mol. The van der Waals surface area contributed by atoms with Crippen LogP contribution in [0.1, 0.15) is 41.0 Å². The smallest absolute Gasteiger partial charge is 0.407 e. The van der Waals surface area contributed by atoms with Crippen molar-refractivity contribution >= 4 is 11.9 Å². The number of ketones is 1. The average Bonchev–Trinajstić information content (AvgIpc) is 3.72. The van der Waals surface area contributed by atoms with Crippen LogP contribution in [0, 0.1) is 0 Å². The van der Waals surface area contributed by atoms with Gasteiger partial charge in [-0.2, -0.15) is 0 Å². The highest BCUT2D eigenvalue weighted by molar-refractivity contribution is 6.06. The van der Waals surface area contributed by atoms with Gasteiger partial charge < -0.3 is 30.3 Å². The van der Waals surface area contributed by atoms with E-state index in [2.05, 4.69) is 10.6 Å². The third-order valence-corrected chi connectivity index (χ3v) is 8.87. The summed E-state index contributed by atoms with van der Waals surface area (Å²) in [5.74, 6) is -0.604. The Balaban J connectivity index is 1.27. The second-order valence-electron chi connectivity index (χ2n) is 11.9. The fraction of sp³-hybridized carbons (Fsp3) is 0.371. The number of amides is 1. The van der Waals surface area contributed by atoms with Crippen LogP contribution in [0.3, 0.4) is 0 Å². The van der Waals surface area contributed by atoms with E-state index >= 15 is 0 Å². The van der Waals surface area contributed by atoms with E-state index in [9.17, 15) is 19.8 Å². The molecule has 4 N–H and O–H groups in total. The monoisotopic (exact) mass is 582 g/mol. The van der Waals surface area contributed by atoms with Crippen LogP contribution in [-0.4, -0.2) is 65.2 Å². The first-order chi connectivity index (χ1) is 20.9. The van der Waals surface area contributed by atoms with E-state index < -0.39 is 35.8 Å². The molecular formula is C35H38N2O6. The number of nitrogens with one attached hydrogen (secondary N) is 2. The first-order valence-corrected chi connectivity index (χ1v) is 15.0. The summed E-state index contributed by atoms with van der Waals surface area (Å²) in [5, 5.41) is 29.1. The number of Topliss-reactive ketones (excluding diaryl/α,β-unsaturated/α-hetero) is 1. The Morgan fingerprint density at radius 1 is 1.02 bits per heavy atom. The van der Waals surface area contributed by atoms with Crippen LogP contribution in [0.4, 0.5) is 4.79 Å². The minimum atomic E-state index is -1.17. The molecule has 3 aromatic rings. The number of benzene rings is 3. The predicted molar refractivity (Wildman–Crippen MR) is 161 cm³/mol. The van der Waals surface area contributed by atoms with Gasteiger partial charge in [-0.15, -0.1) is 0 Å². The summed E-state index contributed by atoms with van der Waals surface area (Å²) in [4.78, 5) is 27.4. The second kappa shape index (κ2) is 12.7. The first-order valence-electron chi connectivity index (χ1n) is 15.0. The number of ether oxygens (including phenoxy) is 2. The Bertz CT molecular complexity index is 1460. The van der Waals surface area contributed by atoms with Crippen LogP contribution in [-0.2, 0) is 33.5 Å². The number of hydrogen-bond acceptors (Lipinski definition) is 7. The number of aliphatic hydroxyl groups excluding tert-OH is 2. The number of rotatable bonds is 10. The van der Waals surface area contributed by atoms with Crippen molar-refractivity contribution in [3.05, 3.63) is 119 Å². The van der Waals surface area contributed by atoms with Gasteiger partial charge >= 0.3 is 6.09 Å². The summed E-state index contributed by atoms with van der Waals surface area (Å²) < 4.78 is 10.9. The van der Waals surface area contributed by atoms with Gasteiger partial charge in [0.1, 0.15) is 11.6 Å². The molecule has 8 nitrogen and oxygen atoms in total. The number of aliphatic hydroxyl groups is 2. The van der Waals surface area contributed by atoms with Gasteiger partial charge in [-0.3, -0.25) is 4.79 Å². The maximum absolute atomic E-state index is 14.5. The van der Waals surface area contributed by atoms with Crippen LogP contribution in [0.15, 0.2) is 96.7 Å². The van der Waals surface area contributed by atoms with Gasteiger partial charge in [0.05, 0.1) is 31.5 Å². The molecule has 43 heavy (non-hydrogen) atoms. The minimum absolute atomic E-state index is 0.0372. The normalized spacial score (nSPS) is 25.9. The largest absolute Gasteiger partial charge is 0.444 e. The van der Waals surface area contributed by atoms with Crippen molar-refractivity contribution < 1.29 is 29.3 Å². The maximum atomic E-state index is 14.5. The van der Waals surface area contributed by atoms with Crippen LogP contribution in [0.2, 0.25) is 0 Å². The summed E-state index contributed by atoms with van der Waals surface area (Å²) in [6.45, 7) is 0.891. The van der Waals surface area contributed by atoms with Crippen molar-refractivity contribution in [2.45, 2.75) is 67.9 Å². The lowest BCUT2D eigenvalue weighted by molar-refractivity contribution is -0.122. The van der Waals surface area contributed by atoms with Crippen LogP contribution >= 0.6 is 0 Å². The van der Waals surface area contributed by atoms with Crippen molar-refractivity contribution in [3.8, 4) is 0 Å². The van der Waals surface area contributed by atoms with Gasteiger partial charge in [-0.25, -0.2) is 4.79 Å². The summed E-state index contributed by atoms with van der Waals surface area (Å²) in [5.41, 5.74) is 3.19. The van der Waals surface area contributed by atoms with E-state index in [1.807, 2.05) is 84.9 Å². The van der Waals surface area contributed by atoms with E-state index in [0.29, 0.717) is 44.5 Å². The average molecular weight is 583 g/mol. The fourth-order valence-electron chi connectivity index (χ4n) is 6.70. The molecule has 3 aromatic carbocycles. The molecule has 0 spiro atoms. The third kappa shape index (κ3) is 6.37. The molecule has 6 atom stereocenters. The molecule has 0 radical (unpaired) electrons. The van der Waals surface area contributed by atoms with Crippen LogP contribution in [0.25, 0.3) is 0 Å². The Morgan fingerprint density at radius 3 is 2.44 bits per heavy atom. The van der Waals surface area contributed by atoms with Gasteiger partial charge in [-0.1, -0.05) is 84.9 Å². The predicted octanol–water partition coefficient (Wildman–Crippen LogP) is 3.60. The number of fused-ring (bicyclic) bond motifs is 1. The zero-order valence-electron chi connectivity index (χ0n) is 24.0. The van der Waals surface area contributed by atoms with E-state index in [1.54, 1.807) is 6.20 Å². The van der Waals surface area contributed by atoms with Gasteiger partial charge in [0.25, 0.3) is 0 Å². The van der Waals surface area contributed by atoms with E-state index in [-0.39, 0.29) is 18.3 Å². The zero-order chi connectivity index (χ0) is 29.8. The summed E-state index contributed by atoms with van der Waals surface area (Å²) in [6, 6.07) is 26.4. The molecule has 1 fully saturated rings. The van der Waals surface area contributed by atoms with Crippen molar-refractivity contribution in [2.24, 2.45) is 0 Å². The molecule has 224 valence electrons. The highest BCUT2D eigenvalue weighted by Gasteiger charge is 2.50. The van der Waals surface area contributed by atoms with Crippen molar-refractivity contribution in [1.82, 2.24) is 10.6 Å².